The summed E-state index contributed by atoms with van der Waals surface area (Å²) in [5.41, 5.74) is 1.02. The third-order valence-electron chi connectivity index (χ3n) is 3.35. The highest BCUT2D eigenvalue weighted by Crippen LogP contribution is 2.24. The van der Waals surface area contributed by atoms with Crippen molar-refractivity contribution in [1.29, 1.82) is 0 Å². The Balaban J connectivity index is 1.85. The highest BCUT2D eigenvalue weighted by molar-refractivity contribution is 9.10. The summed E-state index contributed by atoms with van der Waals surface area (Å²) in [6, 6.07) is 10.1. The molecule has 2 heterocycles. The van der Waals surface area contributed by atoms with E-state index in [2.05, 4.69) is 36.1 Å². The number of nitrogens with one attached hydrogen (secondary N) is 1. The molecule has 0 aliphatic carbocycles. The Labute approximate surface area is 127 Å². The second kappa shape index (κ2) is 5.79. The molecule has 2 aromatic rings. The van der Waals surface area contributed by atoms with E-state index in [1.54, 1.807) is 0 Å². The molecule has 0 unspecified atom stereocenters. The second-order valence-electron chi connectivity index (χ2n) is 4.99. The van der Waals surface area contributed by atoms with Crippen LogP contribution in [0.15, 0.2) is 34.8 Å². The maximum atomic E-state index is 4.54. The summed E-state index contributed by atoms with van der Waals surface area (Å²) in [7, 11) is 0. The van der Waals surface area contributed by atoms with E-state index in [0.29, 0.717) is 0 Å². The molecule has 1 N–H and O–H groups in total. The van der Waals surface area contributed by atoms with Gasteiger partial charge in [0, 0.05) is 29.3 Å². The smallest absolute Gasteiger partial charge is 0.136 e. The van der Waals surface area contributed by atoms with Crippen LogP contribution in [0.4, 0.5) is 17.3 Å². The van der Waals surface area contributed by atoms with E-state index in [0.717, 1.165) is 40.7 Å². The van der Waals surface area contributed by atoms with Crippen LogP contribution in [0.3, 0.4) is 0 Å². The number of halogens is 1. The van der Waals surface area contributed by atoms with Gasteiger partial charge in [0.25, 0.3) is 0 Å². The predicted octanol–water partition coefficient (Wildman–Crippen LogP) is 3.89. The second-order valence-corrected chi connectivity index (χ2v) is 5.90. The molecule has 3 rings (SSSR count). The lowest BCUT2D eigenvalue weighted by atomic mass is 10.3. The van der Waals surface area contributed by atoms with Crippen molar-refractivity contribution in [3.8, 4) is 0 Å². The van der Waals surface area contributed by atoms with Gasteiger partial charge in [-0.05, 0) is 38.0 Å². The van der Waals surface area contributed by atoms with Crippen molar-refractivity contribution < 1.29 is 0 Å². The van der Waals surface area contributed by atoms with Crippen LogP contribution in [0, 0.1) is 6.92 Å². The molecule has 1 fully saturated rings. The Bertz CT molecular complexity index is 609. The van der Waals surface area contributed by atoms with Gasteiger partial charge in [-0.3, -0.25) is 0 Å². The summed E-state index contributed by atoms with van der Waals surface area (Å²) in [6.45, 7) is 4.12. The van der Waals surface area contributed by atoms with Gasteiger partial charge in [0.05, 0.1) is 0 Å². The van der Waals surface area contributed by atoms with Crippen LogP contribution in [-0.4, -0.2) is 23.1 Å². The van der Waals surface area contributed by atoms with Crippen LogP contribution in [-0.2, 0) is 0 Å². The number of hydrogen-bond acceptors (Lipinski definition) is 4. The van der Waals surface area contributed by atoms with Gasteiger partial charge in [-0.2, -0.15) is 0 Å². The Kier molecular flexibility index (Phi) is 3.87. The summed E-state index contributed by atoms with van der Waals surface area (Å²) in [6.07, 6.45) is 2.49. The van der Waals surface area contributed by atoms with Crippen LogP contribution >= 0.6 is 15.9 Å². The first-order valence-electron chi connectivity index (χ1n) is 6.84. The SMILES string of the molecule is Cc1nc(Nc2cccc(Br)c2)cc(N2CCCC2)n1. The quantitative estimate of drug-likeness (QED) is 0.925. The molecular weight excluding hydrogens is 316 g/mol. The molecular formula is C15H17BrN4. The molecule has 1 aliphatic heterocycles. The maximum Gasteiger partial charge on any atom is 0.136 e. The molecule has 1 saturated heterocycles. The zero-order valence-corrected chi connectivity index (χ0v) is 13.0. The fourth-order valence-corrected chi connectivity index (χ4v) is 2.84. The Hall–Kier alpha value is -1.62. The molecule has 1 aliphatic rings. The van der Waals surface area contributed by atoms with Gasteiger partial charge in [-0.25, -0.2) is 9.97 Å². The summed E-state index contributed by atoms with van der Waals surface area (Å²) in [5, 5.41) is 3.34. The van der Waals surface area contributed by atoms with E-state index < -0.39 is 0 Å². The van der Waals surface area contributed by atoms with Crippen LogP contribution in [0.5, 0.6) is 0 Å². The van der Waals surface area contributed by atoms with Crippen LogP contribution in [0.2, 0.25) is 0 Å². The van der Waals surface area contributed by atoms with Crippen molar-refractivity contribution in [2.24, 2.45) is 0 Å². The van der Waals surface area contributed by atoms with Crippen LogP contribution < -0.4 is 10.2 Å². The fourth-order valence-electron chi connectivity index (χ4n) is 2.44. The van der Waals surface area contributed by atoms with E-state index in [4.69, 9.17) is 0 Å². The molecule has 20 heavy (non-hydrogen) atoms. The lowest BCUT2D eigenvalue weighted by Gasteiger charge is -2.17. The zero-order chi connectivity index (χ0) is 13.9. The first kappa shape index (κ1) is 13.4. The molecule has 0 radical (unpaired) electrons. The summed E-state index contributed by atoms with van der Waals surface area (Å²) in [5.74, 6) is 2.66. The summed E-state index contributed by atoms with van der Waals surface area (Å²) < 4.78 is 1.05. The van der Waals surface area contributed by atoms with Crippen LogP contribution in [0.25, 0.3) is 0 Å². The van der Waals surface area contributed by atoms with E-state index in [1.807, 2.05) is 37.3 Å². The van der Waals surface area contributed by atoms with Crippen molar-refractivity contribution in [1.82, 2.24) is 9.97 Å². The third-order valence-corrected chi connectivity index (χ3v) is 3.84. The average Bonchev–Trinajstić information content (AvgIpc) is 2.91. The third kappa shape index (κ3) is 3.10. The van der Waals surface area contributed by atoms with Crippen LogP contribution in [0.1, 0.15) is 18.7 Å². The largest absolute Gasteiger partial charge is 0.356 e. The molecule has 5 heteroatoms. The van der Waals surface area contributed by atoms with Gasteiger partial charge in [-0.1, -0.05) is 22.0 Å². The number of hydrogen-bond donors (Lipinski definition) is 1. The van der Waals surface area contributed by atoms with E-state index >= 15 is 0 Å². The number of anilines is 3. The topological polar surface area (TPSA) is 41.1 Å². The van der Waals surface area contributed by atoms with E-state index in [-0.39, 0.29) is 0 Å². The number of nitrogens with zero attached hydrogens (tertiary/aromatic N) is 3. The maximum absolute atomic E-state index is 4.54. The van der Waals surface area contributed by atoms with Gasteiger partial charge in [0.15, 0.2) is 0 Å². The van der Waals surface area contributed by atoms with Crippen molar-refractivity contribution in [2.75, 3.05) is 23.3 Å². The molecule has 0 amide bonds. The number of rotatable bonds is 3. The highest BCUT2D eigenvalue weighted by Gasteiger charge is 2.15. The van der Waals surface area contributed by atoms with E-state index in [9.17, 15) is 0 Å². The van der Waals surface area contributed by atoms with Gasteiger partial charge in [0.1, 0.15) is 17.5 Å². The lowest BCUT2D eigenvalue weighted by molar-refractivity contribution is 0.912. The number of benzene rings is 1. The number of aryl methyl sites for hydroxylation is 1. The van der Waals surface area contributed by atoms with E-state index in [1.165, 1.54) is 12.8 Å². The normalized spacial score (nSPS) is 14.6. The monoisotopic (exact) mass is 332 g/mol. The fraction of sp³-hybridized carbons (Fsp3) is 0.333. The Morgan fingerprint density at radius 3 is 2.70 bits per heavy atom. The van der Waals surface area contributed by atoms with Crippen molar-refractivity contribution in [2.45, 2.75) is 19.8 Å². The van der Waals surface area contributed by atoms with Crippen molar-refractivity contribution in [3.63, 3.8) is 0 Å². The summed E-state index contributed by atoms with van der Waals surface area (Å²) in [4.78, 5) is 11.3. The van der Waals surface area contributed by atoms with Crippen molar-refractivity contribution in [3.05, 3.63) is 40.6 Å². The molecule has 104 valence electrons. The first-order valence-corrected chi connectivity index (χ1v) is 7.63. The molecule has 0 spiro atoms. The molecule has 0 atom stereocenters. The number of aromatic nitrogens is 2. The van der Waals surface area contributed by atoms with Gasteiger partial charge in [-0.15, -0.1) is 0 Å². The standard InChI is InChI=1S/C15H17BrN4/c1-11-17-14(19-13-6-4-5-12(16)9-13)10-15(18-11)20-7-2-3-8-20/h4-6,9-10H,2-3,7-8H2,1H3,(H,17,18,19). The van der Waals surface area contributed by atoms with Gasteiger partial charge >= 0.3 is 0 Å². The predicted molar refractivity (Wildman–Crippen MR) is 85.6 cm³/mol. The molecule has 0 saturated carbocycles. The molecule has 1 aromatic heterocycles. The zero-order valence-electron chi connectivity index (χ0n) is 11.4. The van der Waals surface area contributed by atoms with Crippen molar-refractivity contribution >= 4 is 33.3 Å². The first-order chi connectivity index (χ1) is 9.70. The minimum absolute atomic E-state index is 0.798. The molecule has 0 bridgehead atoms. The minimum Gasteiger partial charge on any atom is -0.356 e. The van der Waals surface area contributed by atoms with Gasteiger partial charge < -0.3 is 10.2 Å². The molecule has 1 aromatic carbocycles. The summed E-state index contributed by atoms with van der Waals surface area (Å²) >= 11 is 3.48. The average molecular weight is 333 g/mol. The Morgan fingerprint density at radius 2 is 1.95 bits per heavy atom. The van der Waals surface area contributed by atoms with Gasteiger partial charge in [0.2, 0.25) is 0 Å². The Morgan fingerprint density at radius 1 is 1.15 bits per heavy atom. The highest BCUT2D eigenvalue weighted by atomic mass is 79.9. The molecule has 4 nitrogen and oxygen atoms in total. The lowest BCUT2D eigenvalue weighted by Crippen LogP contribution is -2.19. The minimum atomic E-state index is 0.798.